The summed E-state index contributed by atoms with van der Waals surface area (Å²) in [6.07, 6.45) is 3.65. The molecule has 26 heavy (non-hydrogen) atoms. The Hall–Kier alpha value is -2.02. The minimum Gasteiger partial charge on any atom is -0.352 e. The highest BCUT2D eigenvalue weighted by molar-refractivity contribution is 5.42. The van der Waals surface area contributed by atoms with Gasteiger partial charge in [0.2, 0.25) is 5.89 Å². The minimum atomic E-state index is 0.0339. The molecule has 2 aromatic rings. The van der Waals surface area contributed by atoms with Crippen molar-refractivity contribution >= 4 is 5.82 Å². The van der Waals surface area contributed by atoms with Crippen molar-refractivity contribution in [3.8, 4) is 0 Å². The van der Waals surface area contributed by atoms with Crippen molar-refractivity contribution < 1.29 is 4.52 Å². The molecule has 1 aliphatic carbocycles. The lowest BCUT2D eigenvalue weighted by atomic mass is 9.85. The highest BCUT2D eigenvalue weighted by Crippen LogP contribution is 2.35. The average molecular weight is 356 g/mol. The van der Waals surface area contributed by atoms with Gasteiger partial charge >= 0.3 is 0 Å². The van der Waals surface area contributed by atoms with Crippen molar-refractivity contribution in [1.29, 1.82) is 0 Å². The van der Waals surface area contributed by atoms with Gasteiger partial charge < -0.3 is 9.42 Å². The van der Waals surface area contributed by atoms with Crippen LogP contribution in [-0.4, -0.2) is 51.4 Å². The molecule has 2 fully saturated rings. The fourth-order valence-electron chi connectivity index (χ4n) is 3.32. The van der Waals surface area contributed by atoms with E-state index in [0.29, 0.717) is 12.0 Å². The van der Waals surface area contributed by atoms with Gasteiger partial charge in [0.25, 0.3) is 0 Å². The Morgan fingerprint density at radius 3 is 2.54 bits per heavy atom. The third kappa shape index (κ3) is 3.45. The van der Waals surface area contributed by atoms with Crippen LogP contribution in [0.2, 0.25) is 0 Å². The van der Waals surface area contributed by atoms with Crippen molar-refractivity contribution in [2.75, 3.05) is 25.0 Å². The maximum absolute atomic E-state index is 5.41. The van der Waals surface area contributed by atoms with E-state index < -0.39 is 0 Å². The van der Waals surface area contributed by atoms with Crippen LogP contribution in [0.3, 0.4) is 0 Å². The van der Waals surface area contributed by atoms with E-state index in [9.17, 15) is 0 Å². The van der Waals surface area contributed by atoms with Gasteiger partial charge in [-0.05, 0) is 32.0 Å². The Kier molecular flexibility index (Phi) is 4.42. The zero-order valence-electron chi connectivity index (χ0n) is 16.1. The molecule has 0 radical (unpaired) electrons. The molecule has 0 aromatic carbocycles. The molecular weight excluding hydrogens is 328 g/mol. The number of aromatic nitrogens is 4. The Labute approximate surface area is 154 Å². The van der Waals surface area contributed by atoms with Gasteiger partial charge in [-0.15, -0.1) is 5.10 Å². The fourth-order valence-corrected chi connectivity index (χ4v) is 3.32. The van der Waals surface area contributed by atoms with Crippen molar-refractivity contribution in [3.63, 3.8) is 0 Å². The predicted octanol–water partition coefficient (Wildman–Crippen LogP) is 2.75. The molecule has 7 heteroatoms. The SMILES string of the molecule is CN(Cc1noc(C2CCC2)n1)C1CN(c2ccc(C(C)(C)C)nn2)C1. The van der Waals surface area contributed by atoms with Crippen molar-refractivity contribution in [2.45, 2.75) is 64.0 Å². The number of nitrogens with zero attached hydrogens (tertiary/aromatic N) is 6. The molecule has 1 saturated heterocycles. The number of hydrogen-bond donors (Lipinski definition) is 0. The van der Waals surface area contributed by atoms with E-state index in [0.717, 1.165) is 42.9 Å². The van der Waals surface area contributed by atoms with Gasteiger partial charge in [0.1, 0.15) is 0 Å². The molecule has 4 rings (SSSR count). The van der Waals surface area contributed by atoms with Crippen LogP contribution >= 0.6 is 0 Å². The first-order chi connectivity index (χ1) is 12.4. The molecule has 140 valence electrons. The molecular formula is C19H28N6O. The van der Waals surface area contributed by atoms with Crippen LogP contribution in [0.25, 0.3) is 0 Å². The first-order valence-corrected chi connectivity index (χ1v) is 9.52. The summed E-state index contributed by atoms with van der Waals surface area (Å²) in [5.74, 6) is 3.07. The molecule has 1 aliphatic heterocycles. The topological polar surface area (TPSA) is 71.2 Å². The van der Waals surface area contributed by atoms with Crippen LogP contribution in [-0.2, 0) is 12.0 Å². The molecule has 7 nitrogen and oxygen atoms in total. The van der Waals surface area contributed by atoms with Gasteiger partial charge in [-0.3, -0.25) is 4.90 Å². The van der Waals surface area contributed by atoms with Gasteiger partial charge in [0, 0.05) is 30.5 Å². The van der Waals surface area contributed by atoms with Crippen molar-refractivity contribution in [1.82, 2.24) is 25.2 Å². The zero-order chi connectivity index (χ0) is 18.3. The third-order valence-electron chi connectivity index (χ3n) is 5.56. The zero-order valence-corrected chi connectivity index (χ0v) is 16.1. The Bertz CT molecular complexity index is 740. The lowest BCUT2D eigenvalue weighted by Gasteiger charge is -2.44. The molecule has 0 unspecified atom stereocenters. The third-order valence-corrected chi connectivity index (χ3v) is 5.56. The summed E-state index contributed by atoms with van der Waals surface area (Å²) in [5.41, 5.74) is 1.06. The number of hydrogen-bond acceptors (Lipinski definition) is 7. The fraction of sp³-hybridized carbons (Fsp3) is 0.684. The summed E-state index contributed by atoms with van der Waals surface area (Å²) in [7, 11) is 2.12. The van der Waals surface area contributed by atoms with Crippen molar-refractivity contribution in [3.05, 3.63) is 29.5 Å². The van der Waals surface area contributed by atoms with Gasteiger partial charge in [-0.25, -0.2) is 0 Å². The monoisotopic (exact) mass is 356 g/mol. The lowest BCUT2D eigenvalue weighted by molar-refractivity contribution is 0.190. The number of rotatable bonds is 5. The molecule has 3 heterocycles. The molecule has 2 aromatic heterocycles. The Balaban J connectivity index is 1.29. The Morgan fingerprint density at radius 1 is 1.19 bits per heavy atom. The van der Waals surface area contributed by atoms with Crippen LogP contribution in [0.1, 0.15) is 63.4 Å². The minimum absolute atomic E-state index is 0.0339. The van der Waals surface area contributed by atoms with E-state index in [1.54, 1.807) is 0 Å². The smallest absolute Gasteiger partial charge is 0.229 e. The van der Waals surface area contributed by atoms with Crippen molar-refractivity contribution in [2.24, 2.45) is 0 Å². The molecule has 0 spiro atoms. The first kappa shape index (κ1) is 17.4. The molecule has 0 amide bonds. The molecule has 0 bridgehead atoms. The second kappa shape index (κ2) is 6.61. The maximum atomic E-state index is 5.41. The van der Waals surface area contributed by atoms with E-state index in [1.807, 2.05) is 0 Å². The van der Waals surface area contributed by atoms with E-state index in [1.165, 1.54) is 19.3 Å². The molecule has 1 saturated carbocycles. The highest BCUT2D eigenvalue weighted by atomic mass is 16.5. The van der Waals surface area contributed by atoms with Gasteiger partial charge in [-0.2, -0.15) is 10.1 Å². The Morgan fingerprint density at radius 2 is 1.96 bits per heavy atom. The second-order valence-corrected chi connectivity index (χ2v) is 8.68. The van der Waals surface area contributed by atoms with Crippen LogP contribution in [0, 0.1) is 0 Å². The van der Waals surface area contributed by atoms with Crippen LogP contribution in [0.5, 0.6) is 0 Å². The largest absolute Gasteiger partial charge is 0.352 e. The van der Waals surface area contributed by atoms with E-state index in [2.05, 4.69) is 70.1 Å². The summed E-state index contributed by atoms with van der Waals surface area (Å²) < 4.78 is 5.41. The lowest BCUT2D eigenvalue weighted by Crippen LogP contribution is -2.58. The average Bonchev–Trinajstić information content (AvgIpc) is 2.91. The van der Waals surface area contributed by atoms with E-state index >= 15 is 0 Å². The number of likely N-dealkylation sites (N-methyl/N-ethyl adjacent to an activating group) is 1. The van der Waals surface area contributed by atoms with Crippen LogP contribution in [0.4, 0.5) is 5.82 Å². The van der Waals surface area contributed by atoms with Gasteiger partial charge in [0.05, 0.1) is 12.2 Å². The van der Waals surface area contributed by atoms with E-state index in [-0.39, 0.29) is 5.41 Å². The summed E-state index contributed by atoms with van der Waals surface area (Å²) in [4.78, 5) is 9.12. The number of anilines is 1. The summed E-state index contributed by atoms with van der Waals surface area (Å²) in [6.45, 7) is 9.09. The quantitative estimate of drug-likeness (QED) is 0.815. The summed E-state index contributed by atoms with van der Waals surface area (Å²) in [5, 5.41) is 12.9. The second-order valence-electron chi connectivity index (χ2n) is 8.68. The maximum Gasteiger partial charge on any atom is 0.229 e. The first-order valence-electron chi connectivity index (χ1n) is 9.52. The highest BCUT2D eigenvalue weighted by Gasteiger charge is 2.32. The molecule has 0 N–H and O–H groups in total. The van der Waals surface area contributed by atoms with Crippen LogP contribution in [0.15, 0.2) is 16.7 Å². The molecule has 0 atom stereocenters. The predicted molar refractivity (Wildman–Crippen MR) is 99.1 cm³/mol. The normalized spacial score (nSPS) is 18.9. The summed E-state index contributed by atoms with van der Waals surface area (Å²) >= 11 is 0. The summed E-state index contributed by atoms with van der Waals surface area (Å²) in [6, 6.07) is 4.64. The standard InChI is InChI=1S/C19H28N6O/c1-19(2,3)15-8-9-17(22-21-15)25-10-14(11-25)24(4)12-16-20-18(26-23-16)13-6-5-7-13/h8-9,13-14H,5-7,10-12H2,1-4H3. The van der Waals surface area contributed by atoms with Gasteiger partial charge in [-0.1, -0.05) is 32.3 Å². The van der Waals surface area contributed by atoms with Crippen LogP contribution < -0.4 is 4.90 Å². The molecule has 2 aliphatic rings. The van der Waals surface area contributed by atoms with E-state index in [4.69, 9.17) is 4.52 Å². The van der Waals surface area contributed by atoms with Gasteiger partial charge in [0.15, 0.2) is 11.6 Å².